The Kier molecular flexibility index (Phi) is 3.35. The molecule has 2 fully saturated rings. The minimum absolute atomic E-state index is 0.0411. The predicted octanol–water partition coefficient (Wildman–Crippen LogP) is 0.104. The minimum Gasteiger partial charge on any atom is -0.391 e. The van der Waals surface area contributed by atoms with Gasteiger partial charge in [-0.3, -0.25) is 9.59 Å². The molecule has 0 bridgehead atoms. The smallest absolute Gasteiger partial charge is 0.293 e. The summed E-state index contributed by atoms with van der Waals surface area (Å²) in [6, 6.07) is 7.56. The van der Waals surface area contributed by atoms with Crippen LogP contribution in [-0.4, -0.2) is 46.3 Å². The van der Waals surface area contributed by atoms with Gasteiger partial charge in [-0.25, -0.2) is 4.98 Å². The van der Waals surface area contributed by atoms with Gasteiger partial charge in [0.05, 0.1) is 22.6 Å². The number of aryl methyl sites for hydroxylation is 1. The fourth-order valence-electron chi connectivity index (χ4n) is 3.82. The van der Waals surface area contributed by atoms with Crippen LogP contribution in [0.15, 0.2) is 29.1 Å². The highest BCUT2D eigenvalue weighted by Gasteiger charge is 2.53. The second kappa shape index (κ2) is 5.31. The second-order valence-electron chi connectivity index (χ2n) is 6.68. The van der Waals surface area contributed by atoms with Crippen molar-refractivity contribution >= 4 is 22.8 Å². The van der Waals surface area contributed by atoms with Crippen molar-refractivity contribution in [3.8, 4) is 0 Å². The average molecular weight is 328 g/mol. The molecule has 1 spiro atoms. The zero-order valence-corrected chi connectivity index (χ0v) is 13.5. The number of β-amino-alcohol motifs (C(OH)–C–C–N with tert-alkyl or cyclic N) is 1. The number of nitrogens with zero attached hydrogens (tertiary/aromatic N) is 3. The molecule has 1 atom stereocenters. The summed E-state index contributed by atoms with van der Waals surface area (Å²) in [7, 11) is 0. The van der Waals surface area contributed by atoms with E-state index in [1.54, 1.807) is 4.57 Å². The number of aliphatic hydroxyl groups excluding tert-OH is 1. The quantitative estimate of drug-likeness (QED) is 0.817. The largest absolute Gasteiger partial charge is 0.391 e. The summed E-state index contributed by atoms with van der Waals surface area (Å²) in [5, 5.41) is 12.6. The van der Waals surface area contributed by atoms with Crippen LogP contribution in [0.1, 0.15) is 13.3 Å². The number of carbonyl (C=O) groups is 1. The molecule has 4 rings (SSSR count). The van der Waals surface area contributed by atoms with Gasteiger partial charge in [0.1, 0.15) is 0 Å². The number of hydrogen-bond donors (Lipinski definition) is 2. The molecule has 2 aromatic rings. The molecular weight excluding hydrogens is 308 g/mol. The molecule has 2 aliphatic heterocycles. The van der Waals surface area contributed by atoms with Crippen LogP contribution in [0.3, 0.4) is 0 Å². The molecule has 126 valence electrons. The molecule has 1 aromatic carbocycles. The van der Waals surface area contributed by atoms with E-state index in [1.807, 2.05) is 36.1 Å². The number of para-hydroxylation sites is 2. The zero-order chi connectivity index (χ0) is 16.9. The first kappa shape index (κ1) is 15.1. The Morgan fingerprint density at radius 2 is 2.08 bits per heavy atom. The number of rotatable bonds is 2. The lowest BCUT2D eigenvalue weighted by molar-refractivity contribution is -0.139. The molecule has 0 saturated carbocycles. The summed E-state index contributed by atoms with van der Waals surface area (Å²) in [5.74, 6) is 0.342. The van der Waals surface area contributed by atoms with Crippen molar-refractivity contribution in [2.24, 2.45) is 5.41 Å². The minimum atomic E-state index is -0.603. The zero-order valence-electron chi connectivity index (χ0n) is 13.5. The van der Waals surface area contributed by atoms with Crippen molar-refractivity contribution in [3.63, 3.8) is 0 Å². The Bertz CT molecular complexity index is 870. The molecule has 3 heterocycles. The van der Waals surface area contributed by atoms with Gasteiger partial charge in [-0.2, -0.15) is 0 Å². The molecule has 1 unspecified atom stereocenters. The van der Waals surface area contributed by atoms with E-state index in [0.717, 1.165) is 11.0 Å². The van der Waals surface area contributed by atoms with Gasteiger partial charge in [-0.05, 0) is 25.5 Å². The molecule has 2 aliphatic rings. The van der Waals surface area contributed by atoms with Crippen molar-refractivity contribution in [1.29, 1.82) is 0 Å². The summed E-state index contributed by atoms with van der Waals surface area (Å²) in [4.78, 5) is 31.3. The predicted molar refractivity (Wildman–Crippen MR) is 90.0 cm³/mol. The van der Waals surface area contributed by atoms with Gasteiger partial charge in [0.2, 0.25) is 5.91 Å². The third kappa shape index (κ3) is 2.11. The lowest BCUT2D eigenvalue weighted by Gasteiger charge is -2.51. The molecule has 1 aromatic heterocycles. The van der Waals surface area contributed by atoms with E-state index >= 15 is 0 Å². The van der Waals surface area contributed by atoms with E-state index in [9.17, 15) is 14.7 Å². The third-order valence-corrected chi connectivity index (χ3v) is 5.04. The number of hydrogen-bond acceptors (Lipinski definition) is 5. The fraction of sp³-hybridized carbons (Fsp3) is 0.471. The monoisotopic (exact) mass is 328 g/mol. The average Bonchev–Trinajstić information content (AvgIpc) is 2.55. The Morgan fingerprint density at radius 3 is 2.83 bits per heavy atom. The normalized spacial score (nSPS) is 22.5. The molecular formula is C17H20N4O3. The molecule has 1 amide bonds. The lowest BCUT2D eigenvalue weighted by atomic mass is 9.72. The molecule has 0 aliphatic carbocycles. The Balaban J connectivity index is 1.70. The Morgan fingerprint density at radius 1 is 1.33 bits per heavy atom. The standard InChI is InChI=1S/C17H20N4O3/c1-2-21-13-6-4-3-5-12(13)19-14(15(21)23)20-9-17(10-20)7-11(22)8-18-16(17)24/h3-6,11,22H,2,7-10H2,1H3,(H,18,24). The van der Waals surface area contributed by atoms with Crippen molar-refractivity contribution in [3.05, 3.63) is 34.6 Å². The first-order valence-electron chi connectivity index (χ1n) is 8.25. The lowest BCUT2D eigenvalue weighted by Crippen LogP contribution is -2.68. The SMILES string of the molecule is CCn1c(=O)c(N2CC3(CC(O)CNC3=O)C2)nc2ccccc21. The summed E-state index contributed by atoms with van der Waals surface area (Å²) < 4.78 is 1.71. The van der Waals surface area contributed by atoms with E-state index in [-0.39, 0.29) is 11.5 Å². The van der Waals surface area contributed by atoms with Crippen LogP contribution >= 0.6 is 0 Å². The number of piperidine rings is 1. The molecule has 7 heteroatoms. The van der Waals surface area contributed by atoms with E-state index in [4.69, 9.17) is 0 Å². The van der Waals surface area contributed by atoms with Gasteiger partial charge in [0.25, 0.3) is 5.56 Å². The first-order chi connectivity index (χ1) is 11.5. The number of aromatic nitrogens is 2. The number of aliphatic hydroxyl groups is 1. The van der Waals surface area contributed by atoms with Gasteiger partial charge in [-0.15, -0.1) is 0 Å². The Labute approximate surface area is 138 Å². The van der Waals surface area contributed by atoms with Gasteiger partial charge >= 0.3 is 0 Å². The summed E-state index contributed by atoms with van der Waals surface area (Å²) in [5.41, 5.74) is 0.842. The molecule has 7 nitrogen and oxygen atoms in total. The third-order valence-electron chi connectivity index (χ3n) is 5.04. The van der Waals surface area contributed by atoms with E-state index < -0.39 is 11.5 Å². The van der Waals surface area contributed by atoms with Gasteiger partial charge in [0.15, 0.2) is 5.82 Å². The highest BCUT2D eigenvalue weighted by molar-refractivity contribution is 5.87. The summed E-state index contributed by atoms with van der Waals surface area (Å²) in [6.45, 7) is 3.63. The van der Waals surface area contributed by atoms with E-state index in [1.165, 1.54) is 0 Å². The summed E-state index contributed by atoms with van der Waals surface area (Å²) >= 11 is 0. The first-order valence-corrected chi connectivity index (χ1v) is 8.25. The number of benzene rings is 1. The topological polar surface area (TPSA) is 87.5 Å². The molecule has 0 radical (unpaired) electrons. The van der Waals surface area contributed by atoms with Crippen molar-refractivity contribution in [2.45, 2.75) is 26.0 Å². The van der Waals surface area contributed by atoms with E-state index in [2.05, 4.69) is 10.3 Å². The number of amides is 1. The number of nitrogens with one attached hydrogen (secondary N) is 1. The fourth-order valence-corrected chi connectivity index (χ4v) is 3.82. The highest BCUT2D eigenvalue weighted by atomic mass is 16.3. The van der Waals surface area contributed by atoms with Crippen LogP contribution in [0.4, 0.5) is 5.82 Å². The number of anilines is 1. The molecule has 24 heavy (non-hydrogen) atoms. The van der Waals surface area contributed by atoms with Crippen LogP contribution in [0.2, 0.25) is 0 Å². The van der Waals surface area contributed by atoms with Crippen LogP contribution < -0.4 is 15.8 Å². The van der Waals surface area contributed by atoms with Crippen molar-refractivity contribution in [2.75, 3.05) is 24.5 Å². The summed E-state index contributed by atoms with van der Waals surface area (Å²) in [6.07, 6.45) is -0.0908. The van der Waals surface area contributed by atoms with Crippen LogP contribution in [0, 0.1) is 5.41 Å². The Hall–Kier alpha value is -2.41. The number of fused-ring (bicyclic) bond motifs is 1. The van der Waals surface area contributed by atoms with E-state index in [0.29, 0.717) is 38.4 Å². The maximum absolute atomic E-state index is 12.8. The number of carbonyl (C=O) groups excluding carboxylic acids is 1. The van der Waals surface area contributed by atoms with Gasteiger partial charge in [-0.1, -0.05) is 12.1 Å². The van der Waals surface area contributed by atoms with Gasteiger partial charge < -0.3 is 19.9 Å². The second-order valence-corrected chi connectivity index (χ2v) is 6.68. The van der Waals surface area contributed by atoms with Crippen molar-refractivity contribution < 1.29 is 9.90 Å². The highest BCUT2D eigenvalue weighted by Crippen LogP contribution is 2.39. The molecule has 2 saturated heterocycles. The van der Waals surface area contributed by atoms with Crippen molar-refractivity contribution in [1.82, 2.24) is 14.9 Å². The van der Waals surface area contributed by atoms with Crippen LogP contribution in [-0.2, 0) is 11.3 Å². The van der Waals surface area contributed by atoms with Crippen LogP contribution in [0.25, 0.3) is 11.0 Å². The van der Waals surface area contributed by atoms with Crippen LogP contribution in [0.5, 0.6) is 0 Å². The maximum atomic E-state index is 12.8. The van der Waals surface area contributed by atoms with Gasteiger partial charge in [0, 0.05) is 26.2 Å². The molecule has 2 N–H and O–H groups in total. The maximum Gasteiger partial charge on any atom is 0.293 e.